The number of ether oxygens (including phenoxy) is 2. The number of carbonyl (C=O) groups excluding carboxylic acids is 2. The maximum absolute atomic E-state index is 12.7. The van der Waals surface area contributed by atoms with E-state index in [4.69, 9.17) is 9.47 Å². The zero-order chi connectivity index (χ0) is 22.3. The molecule has 1 fully saturated rings. The van der Waals surface area contributed by atoms with E-state index >= 15 is 0 Å². The number of piperidine rings is 1. The van der Waals surface area contributed by atoms with Gasteiger partial charge in [-0.3, -0.25) is 9.59 Å². The molecule has 0 aliphatic carbocycles. The van der Waals surface area contributed by atoms with Gasteiger partial charge in [-0.1, -0.05) is 0 Å². The smallest absolute Gasteiger partial charge is 0.260 e. The summed E-state index contributed by atoms with van der Waals surface area (Å²) in [5.41, 5.74) is 1.35. The van der Waals surface area contributed by atoms with Gasteiger partial charge in [0.25, 0.3) is 11.8 Å². The van der Waals surface area contributed by atoms with Crippen LogP contribution in [0.25, 0.3) is 0 Å². The lowest BCUT2D eigenvalue weighted by atomic mass is 10.1. The van der Waals surface area contributed by atoms with Crippen LogP contribution in [0.5, 0.6) is 11.5 Å². The molecule has 0 unspecified atom stereocenters. The van der Waals surface area contributed by atoms with E-state index in [1.807, 2.05) is 18.0 Å². The molecule has 3 heterocycles. The Morgan fingerprint density at radius 2 is 1.84 bits per heavy atom. The molecule has 8 heteroatoms. The first kappa shape index (κ1) is 22.2. The summed E-state index contributed by atoms with van der Waals surface area (Å²) >= 11 is 0. The van der Waals surface area contributed by atoms with E-state index in [0.717, 1.165) is 50.4 Å². The number of hydrogen-bond acceptors (Lipinski definition) is 5. The number of aromatic nitrogens is 2. The zero-order valence-electron chi connectivity index (χ0n) is 18.8. The highest BCUT2D eigenvalue weighted by Gasteiger charge is 2.19. The van der Waals surface area contributed by atoms with Gasteiger partial charge in [0, 0.05) is 37.8 Å². The predicted octanol–water partition coefficient (Wildman–Crippen LogP) is 2.94. The first-order chi connectivity index (χ1) is 15.6. The molecule has 1 aromatic carbocycles. The second-order valence-electron chi connectivity index (χ2n) is 8.31. The van der Waals surface area contributed by atoms with Crippen LogP contribution < -0.4 is 14.8 Å². The first-order valence-corrected chi connectivity index (χ1v) is 11.6. The van der Waals surface area contributed by atoms with Crippen LogP contribution in [0, 0.1) is 0 Å². The van der Waals surface area contributed by atoms with Crippen molar-refractivity contribution in [2.24, 2.45) is 0 Å². The SMILES string of the molecule is CCOc1cc(C(=O)NCc2cn3c(n2)CCCC3)ccc1OCC(=O)N1CCCCC1. The lowest BCUT2D eigenvalue weighted by Crippen LogP contribution is -2.38. The number of imidazole rings is 1. The van der Waals surface area contributed by atoms with E-state index in [2.05, 4.69) is 14.9 Å². The molecular formula is C24H32N4O4. The van der Waals surface area contributed by atoms with Crippen molar-refractivity contribution in [1.29, 1.82) is 0 Å². The van der Waals surface area contributed by atoms with Gasteiger partial charge in [0.2, 0.25) is 0 Å². The molecule has 1 saturated heterocycles. The highest BCUT2D eigenvalue weighted by Crippen LogP contribution is 2.29. The van der Waals surface area contributed by atoms with E-state index in [0.29, 0.717) is 30.2 Å². The molecule has 2 amide bonds. The molecule has 8 nitrogen and oxygen atoms in total. The van der Waals surface area contributed by atoms with Gasteiger partial charge in [0.05, 0.1) is 18.8 Å². The van der Waals surface area contributed by atoms with E-state index in [1.165, 1.54) is 19.3 Å². The first-order valence-electron chi connectivity index (χ1n) is 11.6. The summed E-state index contributed by atoms with van der Waals surface area (Å²) in [5, 5.41) is 2.93. The Morgan fingerprint density at radius 3 is 2.62 bits per heavy atom. The summed E-state index contributed by atoms with van der Waals surface area (Å²) < 4.78 is 13.6. The van der Waals surface area contributed by atoms with Crippen LogP contribution >= 0.6 is 0 Å². The van der Waals surface area contributed by atoms with Crippen LogP contribution in [-0.4, -0.2) is 52.6 Å². The van der Waals surface area contributed by atoms with Crippen molar-refractivity contribution in [2.45, 2.75) is 58.5 Å². The van der Waals surface area contributed by atoms with E-state index < -0.39 is 0 Å². The van der Waals surface area contributed by atoms with Gasteiger partial charge in [-0.2, -0.15) is 0 Å². The summed E-state index contributed by atoms with van der Waals surface area (Å²) in [5.74, 6) is 1.81. The monoisotopic (exact) mass is 440 g/mol. The summed E-state index contributed by atoms with van der Waals surface area (Å²) in [4.78, 5) is 31.6. The molecule has 32 heavy (non-hydrogen) atoms. The van der Waals surface area contributed by atoms with Gasteiger partial charge in [-0.05, 0) is 57.2 Å². The van der Waals surface area contributed by atoms with Gasteiger partial charge < -0.3 is 24.3 Å². The molecular weight excluding hydrogens is 408 g/mol. The number of benzene rings is 1. The van der Waals surface area contributed by atoms with Crippen molar-refractivity contribution in [3.63, 3.8) is 0 Å². The molecule has 1 N–H and O–H groups in total. The van der Waals surface area contributed by atoms with E-state index in [-0.39, 0.29) is 18.4 Å². The average molecular weight is 441 g/mol. The number of aryl methyl sites for hydroxylation is 2. The molecule has 0 atom stereocenters. The summed E-state index contributed by atoms with van der Waals surface area (Å²) in [6, 6.07) is 5.05. The van der Waals surface area contributed by atoms with Gasteiger partial charge >= 0.3 is 0 Å². The Labute approximate surface area is 188 Å². The number of nitrogens with one attached hydrogen (secondary N) is 1. The van der Waals surface area contributed by atoms with Gasteiger partial charge in [0.15, 0.2) is 18.1 Å². The minimum absolute atomic E-state index is 0.0169. The largest absolute Gasteiger partial charge is 0.490 e. The normalized spacial score (nSPS) is 15.7. The van der Waals surface area contributed by atoms with Crippen molar-refractivity contribution >= 4 is 11.8 Å². The number of carbonyl (C=O) groups is 2. The Morgan fingerprint density at radius 1 is 1.03 bits per heavy atom. The molecule has 0 radical (unpaired) electrons. The molecule has 2 aromatic rings. The molecule has 0 spiro atoms. The van der Waals surface area contributed by atoms with Crippen LogP contribution in [0.3, 0.4) is 0 Å². The van der Waals surface area contributed by atoms with Crippen molar-refractivity contribution in [3.05, 3.63) is 41.5 Å². The van der Waals surface area contributed by atoms with Crippen LogP contribution in [-0.2, 0) is 24.3 Å². The Hall–Kier alpha value is -3.03. The molecule has 2 aliphatic heterocycles. The second-order valence-corrected chi connectivity index (χ2v) is 8.31. The van der Waals surface area contributed by atoms with Gasteiger partial charge in [-0.15, -0.1) is 0 Å². The highest BCUT2D eigenvalue weighted by molar-refractivity contribution is 5.94. The third-order valence-electron chi connectivity index (χ3n) is 5.95. The van der Waals surface area contributed by atoms with Crippen molar-refractivity contribution in [1.82, 2.24) is 19.8 Å². The average Bonchev–Trinajstić information content (AvgIpc) is 3.25. The molecule has 0 saturated carbocycles. The van der Waals surface area contributed by atoms with E-state index in [1.54, 1.807) is 18.2 Å². The molecule has 0 bridgehead atoms. The molecule has 2 aliphatic rings. The molecule has 4 rings (SSSR count). The lowest BCUT2D eigenvalue weighted by Gasteiger charge is -2.26. The third-order valence-corrected chi connectivity index (χ3v) is 5.95. The highest BCUT2D eigenvalue weighted by atomic mass is 16.5. The maximum atomic E-state index is 12.7. The Balaban J connectivity index is 1.36. The quantitative estimate of drug-likeness (QED) is 0.682. The fraction of sp³-hybridized carbons (Fsp3) is 0.542. The number of amides is 2. The topological polar surface area (TPSA) is 85.7 Å². The summed E-state index contributed by atoms with van der Waals surface area (Å²) in [6.45, 7) is 5.23. The van der Waals surface area contributed by atoms with Crippen molar-refractivity contribution in [2.75, 3.05) is 26.3 Å². The van der Waals surface area contributed by atoms with Crippen molar-refractivity contribution in [3.8, 4) is 11.5 Å². The number of hydrogen-bond donors (Lipinski definition) is 1. The van der Waals surface area contributed by atoms with Crippen LogP contribution in [0.4, 0.5) is 0 Å². The van der Waals surface area contributed by atoms with Crippen molar-refractivity contribution < 1.29 is 19.1 Å². The van der Waals surface area contributed by atoms with E-state index in [9.17, 15) is 9.59 Å². The number of nitrogens with zero attached hydrogens (tertiary/aromatic N) is 3. The Bertz CT molecular complexity index is 926. The number of likely N-dealkylation sites (tertiary alicyclic amines) is 1. The Kier molecular flexibility index (Phi) is 7.29. The minimum atomic E-state index is -0.201. The summed E-state index contributed by atoms with van der Waals surface area (Å²) in [6.07, 6.45) is 8.62. The maximum Gasteiger partial charge on any atom is 0.260 e. The van der Waals surface area contributed by atoms with Gasteiger partial charge in [-0.25, -0.2) is 4.98 Å². The molecule has 1 aromatic heterocycles. The predicted molar refractivity (Wildman–Crippen MR) is 120 cm³/mol. The fourth-order valence-electron chi connectivity index (χ4n) is 4.24. The van der Waals surface area contributed by atoms with Crippen LogP contribution in [0.15, 0.2) is 24.4 Å². The zero-order valence-corrected chi connectivity index (χ0v) is 18.8. The third kappa shape index (κ3) is 5.41. The molecule has 172 valence electrons. The van der Waals surface area contributed by atoms with Gasteiger partial charge in [0.1, 0.15) is 5.82 Å². The van der Waals surface area contributed by atoms with Crippen LogP contribution in [0.2, 0.25) is 0 Å². The van der Waals surface area contributed by atoms with Crippen LogP contribution in [0.1, 0.15) is 60.9 Å². The standard InChI is InChI=1S/C24H32N4O4/c1-2-31-21-14-18(9-10-20(21)32-17-23(29)27-11-5-3-6-12-27)24(30)25-15-19-16-28-13-7-4-8-22(28)26-19/h9-10,14,16H,2-8,11-13,15,17H2,1H3,(H,25,30). The second kappa shape index (κ2) is 10.5. The minimum Gasteiger partial charge on any atom is -0.490 e. The summed E-state index contributed by atoms with van der Waals surface area (Å²) in [7, 11) is 0. The number of rotatable bonds is 8. The fourth-order valence-corrected chi connectivity index (χ4v) is 4.24. The number of fused-ring (bicyclic) bond motifs is 1. The lowest BCUT2D eigenvalue weighted by molar-refractivity contribution is -0.134.